The van der Waals surface area contributed by atoms with Crippen LogP contribution < -0.4 is 10.1 Å². The van der Waals surface area contributed by atoms with Gasteiger partial charge in [0.15, 0.2) is 0 Å². The minimum atomic E-state index is -0.350. The van der Waals surface area contributed by atoms with Crippen molar-refractivity contribution in [1.29, 1.82) is 0 Å². The zero-order valence-corrected chi connectivity index (χ0v) is 13.6. The van der Waals surface area contributed by atoms with Gasteiger partial charge in [0.25, 0.3) is 0 Å². The van der Waals surface area contributed by atoms with Crippen LogP contribution in [0.2, 0.25) is 0 Å². The first kappa shape index (κ1) is 15.8. The lowest BCUT2D eigenvalue weighted by Crippen LogP contribution is -2.57. The van der Waals surface area contributed by atoms with E-state index in [9.17, 15) is 9.59 Å². The van der Waals surface area contributed by atoms with E-state index in [1.165, 1.54) is 0 Å². The molecule has 0 aromatic heterocycles. The van der Waals surface area contributed by atoms with Crippen LogP contribution in [0, 0.1) is 0 Å². The van der Waals surface area contributed by atoms with Crippen molar-refractivity contribution in [2.45, 2.75) is 25.8 Å². The summed E-state index contributed by atoms with van der Waals surface area (Å²) in [5, 5.41) is 2.79. The Hall–Kier alpha value is -1.56. The fourth-order valence-electron chi connectivity index (χ4n) is 2.38. The Bertz CT molecular complexity index is 521. The van der Waals surface area contributed by atoms with Gasteiger partial charge in [-0.25, -0.2) is 0 Å². The second kappa shape index (κ2) is 7.45. The fraction of sp³-hybridized carbons (Fsp3) is 0.467. The van der Waals surface area contributed by atoms with Crippen molar-refractivity contribution in [1.82, 2.24) is 10.2 Å². The first-order valence-corrected chi connectivity index (χ1v) is 7.86. The van der Waals surface area contributed by atoms with Gasteiger partial charge in [-0.3, -0.25) is 9.59 Å². The SMILES string of the molecule is CCC1C(=O)NCCN1C(=O)CCOc1cccc(Br)c1. The van der Waals surface area contributed by atoms with Crippen LogP contribution >= 0.6 is 15.9 Å². The Balaban J connectivity index is 1.85. The van der Waals surface area contributed by atoms with Gasteiger partial charge in [-0.15, -0.1) is 0 Å². The number of carbonyl (C=O) groups excluding carboxylic acids is 2. The summed E-state index contributed by atoms with van der Waals surface area (Å²) < 4.78 is 6.50. The Morgan fingerprint density at radius 2 is 2.33 bits per heavy atom. The molecule has 1 aliphatic heterocycles. The molecule has 1 atom stereocenters. The zero-order chi connectivity index (χ0) is 15.2. The summed E-state index contributed by atoms with van der Waals surface area (Å²) in [5.41, 5.74) is 0. The second-order valence-electron chi connectivity index (χ2n) is 4.86. The number of halogens is 1. The van der Waals surface area contributed by atoms with Gasteiger partial charge in [0.2, 0.25) is 11.8 Å². The van der Waals surface area contributed by atoms with Crippen molar-refractivity contribution in [3.8, 4) is 5.75 Å². The molecule has 2 amide bonds. The Labute approximate surface area is 132 Å². The summed E-state index contributed by atoms with van der Waals surface area (Å²) in [7, 11) is 0. The molecule has 1 fully saturated rings. The summed E-state index contributed by atoms with van der Waals surface area (Å²) in [6, 6.07) is 7.14. The molecule has 5 nitrogen and oxygen atoms in total. The number of nitrogens with one attached hydrogen (secondary N) is 1. The van der Waals surface area contributed by atoms with Gasteiger partial charge in [0.1, 0.15) is 11.8 Å². The van der Waals surface area contributed by atoms with E-state index in [0.29, 0.717) is 26.1 Å². The number of rotatable bonds is 5. The Morgan fingerprint density at radius 3 is 3.05 bits per heavy atom. The zero-order valence-electron chi connectivity index (χ0n) is 12.0. The topological polar surface area (TPSA) is 58.6 Å². The summed E-state index contributed by atoms with van der Waals surface area (Å²) in [6.45, 7) is 3.31. The van der Waals surface area contributed by atoms with Gasteiger partial charge in [-0.1, -0.05) is 28.9 Å². The number of carbonyl (C=O) groups is 2. The van der Waals surface area contributed by atoms with Crippen molar-refractivity contribution < 1.29 is 14.3 Å². The third-order valence-electron chi connectivity index (χ3n) is 3.42. The van der Waals surface area contributed by atoms with Crippen LogP contribution in [0.1, 0.15) is 19.8 Å². The van der Waals surface area contributed by atoms with E-state index >= 15 is 0 Å². The molecule has 1 aromatic carbocycles. The average Bonchev–Trinajstić information content (AvgIpc) is 2.47. The third kappa shape index (κ3) is 4.20. The van der Waals surface area contributed by atoms with Gasteiger partial charge in [-0.2, -0.15) is 0 Å². The predicted octanol–water partition coefficient (Wildman–Crippen LogP) is 1.95. The van der Waals surface area contributed by atoms with Crippen LogP contribution in [0.5, 0.6) is 5.75 Å². The van der Waals surface area contributed by atoms with Crippen molar-refractivity contribution in [3.63, 3.8) is 0 Å². The van der Waals surface area contributed by atoms with Crippen LogP contribution in [0.3, 0.4) is 0 Å². The minimum absolute atomic E-state index is 0.0355. The number of benzene rings is 1. The van der Waals surface area contributed by atoms with Crippen LogP contribution in [-0.4, -0.2) is 42.5 Å². The van der Waals surface area contributed by atoms with E-state index < -0.39 is 0 Å². The fourth-order valence-corrected chi connectivity index (χ4v) is 2.75. The molecule has 1 unspecified atom stereocenters. The third-order valence-corrected chi connectivity index (χ3v) is 3.91. The van der Waals surface area contributed by atoms with E-state index in [0.717, 1.165) is 10.2 Å². The standard InChI is InChI=1S/C15H19BrN2O3/c1-2-13-15(20)17-7-8-18(13)14(19)6-9-21-12-5-3-4-11(16)10-12/h3-5,10,13H,2,6-9H2,1H3,(H,17,20). The normalized spacial score (nSPS) is 18.3. The van der Waals surface area contributed by atoms with Gasteiger partial charge >= 0.3 is 0 Å². The molecule has 1 aliphatic rings. The van der Waals surface area contributed by atoms with E-state index in [2.05, 4.69) is 21.2 Å². The highest BCUT2D eigenvalue weighted by Crippen LogP contribution is 2.18. The van der Waals surface area contributed by atoms with Crippen molar-refractivity contribution in [2.24, 2.45) is 0 Å². The monoisotopic (exact) mass is 354 g/mol. The molecule has 1 saturated heterocycles. The summed E-state index contributed by atoms with van der Waals surface area (Å²) in [5.74, 6) is 0.623. The number of amides is 2. The Morgan fingerprint density at radius 1 is 1.52 bits per heavy atom. The largest absolute Gasteiger partial charge is 0.493 e. The average molecular weight is 355 g/mol. The maximum Gasteiger partial charge on any atom is 0.242 e. The number of nitrogens with zero attached hydrogens (tertiary/aromatic N) is 1. The Kier molecular flexibility index (Phi) is 5.61. The smallest absolute Gasteiger partial charge is 0.242 e. The summed E-state index contributed by atoms with van der Waals surface area (Å²) >= 11 is 3.37. The first-order chi connectivity index (χ1) is 10.1. The molecule has 0 aliphatic carbocycles. The summed E-state index contributed by atoms with van der Waals surface area (Å²) in [4.78, 5) is 25.6. The molecule has 1 aromatic rings. The summed E-state index contributed by atoms with van der Waals surface area (Å²) in [6.07, 6.45) is 0.903. The molecule has 0 spiro atoms. The second-order valence-corrected chi connectivity index (χ2v) is 5.77. The molecule has 1 heterocycles. The predicted molar refractivity (Wildman–Crippen MR) is 83.1 cm³/mol. The molecule has 0 bridgehead atoms. The van der Waals surface area contributed by atoms with E-state index in [1.807, 2.05) is 31.2 Å². The molecule has 114 valence electrons. The first-order valence-electron chi connectivity index (χ1n) is 7.07. The quantitative estimate of drug-likeness (QED) is 0.879. The minimum Gasteiger partial charge on any atom is -0.493 e. The highest BCUT2D eigenvalue weighted by atomic mass is 79.9. The maximum absolute atomic E-state index is 12.2. The molecular formula is C15H19BrN2O3. The highest BCUT2D eigenvalue weighted by molar-refractivity contribution is 9.10. The van der Waals surface area contributed by atoms with Crippen LogP contribution in [-0.2, 0) is 9.59 Å². The van der Waals surface area contributed by atoms with Gasteiger partial charge < -0.3 is 15.0 Å². The van der Waals surface area contributed by atoms with Gasteiger partial charge in [0, 0.05) is 17.6 Å². The van der Waals surface area contributed by atoms with Crippen molar-refractivity contribution in [3.05, 3.63) is 28.7 Å². The van der Waals surface area contributed by atoms with Crippen LogP contribution in [0.15, 0.2) is 28.7 Å². The lowest BCUT2D eigenvalue weighted by Gasteiger charge is -2.34. The van der Waals surface area contributed by atoms with Crippen LogP contribution in [0.25, 0.3) is 0 Å². The van der Waals surface area contributed by atoms with E-state index in [1.54, 1.807) is 4.90 Å². The van der Waals surface area contributed by atoms with Gasteiger partial charge in [-0.05, 0) is 24.6 Å². The van der Waals surface area contributed by atoms with Crippen LogP contribution in [0.4, 0.5) is 0 Å². The van der Waals surface area contributed by atoms with Gasteiger partial charge in [0.05, 0.1) is 13.0 Å². The molecule has 6 heteroatoms. The van der Waals surface area contributed by atoms with Crippen molar-refractivity contribution >= 4 is 27.7 Å². The lowest BCUT2D eigenvalue weighted by atomic mass is 10.1. The molecule has 1 N–H and O–H groups in total. The van der Waals surface area contributed by atoms with E-state index in [4.69, 9.17) is 4.74 Å². The highest BCUT2D eigenvalue weighted by Gasteiger charge is 2.31. The molecular weight excluding hydrogens is 336 g/mol. The van der Waals surface area contributed by atoms with Crippen molar-refractivity contribution in [2.75, 3.05) is 19.7 Å². The number of piperazine rings is 1. The molecule has 2 rings (SSSR count). The molecule has 0 saturated carbocycles. The molecule has 21 heavy (non-hydrogen) atoms. The molecule has 0 radical (unpaired) electrons. The number of hydrogen-bond acceptors (Lipinski definition) is 3. The number of hydrogen-bond donors (Lipinski definition) is 1. The lowest BCUT2D eigenvalue weighted by molar-refractivity contribution is -0.143. The van der Waals surface area contributed by atoms with E-state index in [-0.39, 0.29) is 24.3 Å². The maximum atomic E-state index is 12.2. The number of ether oxygens (including phenoxy) is 1.